The van der Waals surface area contributed by atoms with Crippen molar-refractivity contribution in [3.63, 3.8) is 0 Å². The van der Waals surface area contributed by atoms with Crippen LogP contribution in [0.2, 0.25) is 0 Å². The first-order valence-corrected chi connectivity index (χ1v) is 36.3. The summed E-state index contributed by atoms with van der Waals surface area (Å²) in [6.07, 6.45) is 91.2. The third kappa shape index (κ3) is 67.9. The third-order valence-electron chi connectivity index (χ3n) is 16.2. The molecule has 6 heteroatoms. The Kier molecular flexibility index (Phi) is 68.1. The molecule has 1 atom stereocenters. The number of carbonyl (C=O) groups is 3. The van der Waals surface area contributed by atoms with Gasteiger partial charge in [-0.3, -0.25) is 14.4 Å². The van der Waals surface area contributed by atoms with Crippen molar-refractivity contribution in [2.75, 3.05) is 13.2 Å². The minimum atomic E-state index is -0.784. The van der Waals surface area contributed by atoms with E-state index in [1.54, 1.807) is 0 Å². The summed E-state index contributed by atoms with van der Waals surface area (Å²) >= 11 is 0. The Morgan fingerprint density at radius 3 is 0.756 bits per heavy atom. The number of hydrogen-bond acceptors (Lipinski definition) is 6. The first-order chi connectivity index (χ1) is 40.5. The van der Waals surface area contributed by atoms with E-state index in [-0.39, 0.29) is 31.1 Å². The molecule has 82 heavy (non-hydrogen) atoms. The van der Waals surface area contributed by atoms with Crippen LogP contribution in [0.3, 0.4) is 0 Å². The van der Waals surface area contributed by atoms with E-state index in [4.69, 9.17) is 14.2 Å². The maximum atomic E-state index is 12.9. The van der Waals surface area contributed by atoms with E-state index >= 15 is 0 Å². The average molecular weight is 1150 g/mol. The average Bonchev–Trinajstić information content (AvgIpc) is 3.47. The van der Waals surface area contributed by atoms with Crippen LogP contribution in [0.25, 0.3) is 0 Å². The van der Waals surface area contributed by atoms with Gasteiger partial charge in [-0.15, -0.1) is 0 Å². The Balaban J connectivity index is 4.20. The van der Waals surface area contributed by atoms with Crippen LogP contribution in [-0.4, -0.2) is 37.2 Å². The summed E-state index contributed by atoms with van der Waals surface area (Å²) in [6.45, 7) is 6.57. The van der Waals surface area contributed by atoms with E-state index in [0.717, 1.165) is 96.3 Å². The highest BCUT2D eigenvalue weighted by atomic mass is 16.6. The molecule has 0 aliphatic carbocycles. The van der Waals surface area contributed by atoms with Crippen molar-refractivity contribution in [1.82, 2.24) is 0 Å². The maximum Gasteiger partial charge on any atom is 0.306 e. The van der Waals surface area contributed by atoms with Crippen molar-refractivity contribution in [2.24, 2.45) is 0 Å². The minimum absolute atomic E-state index is 0.0781. The lowest BCUT2D eigenvalue weighted by Gasteiger charge is -2.18. The fourth-order valence-corrected chi connectivity index (χ4v) is 10.8. The zero-order valence-electron chi connectivity index (χ0n) is 55.0. The van der Waals surface area contributed by atoms with E-state index in [2.05, 4.69) is 81.5 Å². The maximum absolute atomic E-state index is 12.9. The SMILES string of the molecule is CC/C=C\C/C=C\C/C=C\CCCCCCCC(=O)OCC(COC(=O)CCCCCCCCCCCCCCCCCCCCC/C=C\CCCCCCCCCC)OC(=O)CCCCCCCCC/C=C\CCCCCCCCC. The van der Waals surface area contributed by atoms with E-state index < -0.39 is 6.10 Å². The van der Waals surface area contributed by atoms with Crippen LogP contribution in [0.4, 0.5) is 0 Å². The van der Waals surface area contributed by atoms with Crippen LogP contribution in [0.15, 0.2) is 60.8 Å². The van der Waals surface area contributed by atoms with Gasteiger partial charge in [-0.1, -0.05) is 326 Å². The molecule has 0 fully saturated rings. The molecule has 0 aliphatic heterocycles. The summed E-state index contributed by atoms with van der Waals surface area (Å²) in [5, 5.41) is 0. The van der Waals surface area contributed by atoms with E-state index in [0.29, 0.717) is 19.3 Å². The highest BCUT2D eigenvalue weighted by molar-refractivity contribution is 5.71. The summed E-state index contributed by atoms with van der Waals surface area (Å²) in [6, 6.07) is 0. The molecule has 0 rings (SSSR count). The van der Waals surface area contributed by atoms with Crippen LogP contribution >= 0.6 is 0 Å². The van der Waals surface area contributed by atoms with E-state index in [1.165, 1.54) is 250 Å². The highest BCUT2D eigenvalue weighted by Crippen LogP contribution is 2.18. The standard InChI is InChI=1S/C76H138O6/c1-4-7-10-13-16-19-22-25-28-30-32-33-34-35-36-37-38-39-40-41-42-43-44-46-48-51-54-57-60-63-66-69-75(78)81-72-73(71-80-74(77)68-65-62-59-56-53-50-47-27-24-21-18-15-12-9-6-3)82-76(79)70-67-64-61-58-55-52-49-45-31-29-26-23-20-17-14-11-8-5-2/h9,12,18,21,27,29-32,47,73H,4-8,10-11,13-17,19-20,22-26,28,33-46,48-72H2,1-3H3/b12-9-,21-18-,31-29-,32-30-,47-27-. The predicted molar refractivity (Wildman–Crippen MR) is 358 cm³/mol. The topological polar surface area (TPSA) is 78.9 Å². The minimum Gasteiger partial charge on any atom is -0.462 e. The Morgan fingerprint density at radius 1 is 0.256 bits per heavy atom. The molecule has 0 radical (unpaired) electrons. The van der Waals surface area contributed by atoms with Gasteiger partial charge in [0.05, 0.1) is 0 Å². The highest BCUT2D eigenvalue weighted by Gasteiger charge is 2.19. The molecule has 478 valence electrons. The van der Waals surface area contributed by atoms with E-state index in [9.17, 15) is 14.4 Å². The zero-order chi connectivity index (χ0) is 59.2. The number of rotatable bonds is 67. The monoisotopic (exact) mass is 1150 g/mol. The lowest BCUT2D eigenvalue weighted by molar-refractivity contribution is -0.167. The van der Waals surface area contributed by atoms with Gasteiger partial charge in [0.1, 0.15) is 13.2 Å². The number of allylic oxidation sites excluding steroid dienone is 10. The molecule has 0 aromatic heterocycles. The molecule has 0 saturated heterocycles. The fraction of sp³-hybridized carbons (Fsp3) is 0.829. The lowest BCUT2D eigenvalue weighted by Crippen LogP contribution is -2.30. The van der Waals surface area contributed by atoms with Crippen molar-refractivity contribution < 1.29 is 28.6 Å². The third-order valence-corrected chi connectivity index (χ3v) is 16.2. The molecule has 0 bridgehead atoms. The van der Waals surface area contributed by atoms with Crippen molar-refractivity contribution in [2.45, 2.75) is 393 Å². The van der Waals surface area contributed by atoms with Crippen LogP contribution in [0.5, 0.6) is 0 Å². The molecule has 0 aliphatic rings. The molecule has 0 spiro atoms. The summed E-state index contributed by atoms with van der Waals surface area (Å²) in [5.41, 5.74) is 0. The second-order valence-electron chi connectivity index (χ2n) is 24.5. The molecular formula is C76H138O6. The summed E-state index contributed by atoms with van der Waals surface area (Å²) in [4.78, 5) is 38.4. The van der Waals surface area contributed by atoms with Crippen molar-refractivity contribution in [1.29, 1.82) is 0 Å². The molecule has 0 N–H and O–H groups in total. The molecular weight excluding hydrogens is 1010 g/mol. The second-order valence-corrected chi connectivity index (χ2v) is 24.5. The van der Waals surface area contributed by atoms with Gasteiger partial charge in [-0.25, -0.2) is 0 Å². The van der Waals surface area contributed by atoms with Crippen LogP contribution in [0.1, 0.15) is 387 Å². The van der Waals surface area contributed by atoms with Gasteiger partial charge < -0.3 is 14.2 Å². The number of carbonyl (C=O) groups excluding carboxylic acids is 3. The Hall–Kier alpha value is -2.89. The molecule has 0 heterocycles. The van der Waals surface area contributed by atoms with Gasteiger partial charge >= 0.3 is 17.9 Å². The van der Waals surface area contributed by atoms with Crippen LogP contribution in [0, 0.1) is 0 Å². The number of esters is 3. The second kappa shape index (κ2) is 70.6. The first-order valence-electron chi connectivity index (χ1n) is 36.3. The van der Waals surface area contributed by atoms with Gasteiger partial charge in [0.2, 0.25) is 0 Å². The summed E-state index contributed by atoms with van der Waals surface area (Å²) in [5.74, 6) is -0.877. The van der Waals surface area contributed by atoms with E-state index in [1.807, 2.05) is 0 Å². The van der Waals surface area contributed by atoms with Gasteiger partial charge in [-0.2, -0.15) is 0 Å². The van der Waals surface area contributed by atoms with Crippen LogP contribution in [-0.2, 0) is 28.6 Å². The smallest absolute Gasteiger partial charge is 0.306 e. The van der Waals surface area contributed by atoms with Crippen molar-refractivity contribution in [3.8, 4) is 0 Å². The van der Waals surface area contributed by atoms with Crippen molar-refractivity contribution in [3.05, 3.63) is 60.8 Å². The van der Waals surface area contributed by atoms with Crippen molar-refractivity contribution >= 4 is 17.9 Å². The normalized spacial score (nSPS) is 12.4. The molecule has 0 amide bonds. The Morgan fingerprint density at radius 2 is 0.476 bits per heavy atom. The molecule has 0 aromatic carbocycles. The lowest BCUT2D eigenvalue weighted by atomic mass is 10.0. The van der Waals surface area contributed by atoms with Crippen LogP contribution < -0.4 is 0 Å². The zero-order valence-corrected chi connectivity index (χ0v) is 55.0. The molecule has 0 aromatic rings. The first kappa shape index (κ1) is 79.1. The quantitative estimate of drug-likeness (QED) is 0.0261. The number of hydrogen-bond donors (Lipinski definition) is 0. The largest absolute Gasteiger partial charge is 0.462 e. The molecule has 6 nitrogen and oxygen atoms in total. The molecule has 0 saturated carbocycles. The number of unbranched alkanes of at least 4 members (excludes halogenated alkanes) is 46. The summed E-state index contributed by atoms with van der Waals surface area (Å²) < 4.78 is 17.0. The fourth-order valence-electron chi connectivity index (χ4n) is 10.8. The Labute approximate surface area is 510 Å². The van der Waals surface area contributed by atoms with Gasteiger partial charge in [0.25, 0.3) is 0 Å². The Bertz CT molecular complexity index is 1460. The summed E-state index contributed by atoms with van der Waals surface area (Å²) in [7, 11) is 0. The van der Waals surface area contributed by atoms with Gasteiger partial charge in [0.15, 0.2) is 6.10 Å². The van der Waals surface area contributed by atoms with Gasteiger partial charge in [-0.05, 0) is 103 Å². The number of ether oxygens (including phenoxy) is 3. The predicted octanol–water partition coefficient (Wildman–Crippen LogP) is 25.1. The molecule has 1 unspecified atom stereocenters. The van der Waals surface area contributed by atoms with Gasteiger partial charge in [0, 0.05) is 19.3 Å².